The molecule has 1 heterocycles. The average Bonchev–Trinajstić information content (AvgIpc) is 2.89. The first-order chi connectivity index (χ1) is 9.31. The third-order valence-corrected chi connectivity index (χ3v) is 4.15. The smallest absolute Gasteiger partial charge is 0.0728 e. The Hall–Kier alpha value is -1.03. The summed E-state index contributed by atoms with van der Waals surface area (Å²) in [5, 5.41) is 8.07. The van der Waals surface area contributed by atoms with E-state index in [0.29, 0.717) is 6.04 Å². The number of anilines is 1. The van der Waals surface area contributed by atoms with Crippen LogP contribution in [0.2, 0.25) is 0 Å². The van der Waals surface area contributed by atoms with Gasteiger partial charge in [-0.3, -0.25) is 4.68 Å². The van der Waals surface area contributed by atoms with Gasteiger partial charge in [0.2, 0.25) is 0 Å². The highest BCUT2D eigenvalue weighted by Gasteiger charge is 2.13. The minimum Gasteiger partial charge on any atom is -0.380 e. The molecule has 1 aromatic heterocycles. The van der Waals surface area contributed by atoms with Crippen molar-refractivity contribution in [2.24, 2.45) is 0 Å². The Labute approximate surface area is 117 Å². The first-order valence-corrected chi connectivity index (χ1v) is 7.83. The van der Waals surface area contributed by atoms with Crippen molar-refractivity contribution in [3.63, 3.8) is 0 Å². The van der Waals surface area contributed by atoms with Crippen molar-refractivity contribution < 1.29 is 0 Å². The van der Waals surface area contributed by atoms with Gasteiger partial charge in [0.1, 0.15) is 0 Å². The number of likely N-dealkylation sites (N-methyl/N-ethyl adjacent to an activating group) is 1. The van der Waals surface area contributed by atoms with Gasteiger partial charge in [0.05, 0.1) is 18.4 Å². The topological polar surface area (TPSA) is 33.1 Å². The van der Waals surface area contributed by atoms with Gasteiger partial charge < -0.3 is 10.2 Å². The molecule has 0 bridgehead atoms. The zero-order chi connectivity index (χ0) is 13.5. The monoisotopic (exact) mass is 264 g/mol. The number of aromatic nitrogens is 2. The minimum atomic E-state index is 0.661. The molecule has 4 heteroatoms. The minimum absolute atomic E-state index is 0.661. The van der Waals surface area contributed by atoms with Crippen LogP contribution >= 0.6 is 0 Å². The van der Waals surface area contributed by atoms with Crippen molar-refractivity contribution in [1.29, 1.82) is 0 Å². The number of hydrogen-bond acceptors (Lipinski definition) is 3. The van der Waals surface area contributed by atoms with E-state index in [9.17, 15) is 0 Å². The molecule has 4 nitrogen and oxygen atoms in total. The summed E-state index contributed by atoms with van der Waals surface area (Å²) in [6.45, 7) is 8.72. The van der Waals surface area contributed by atoms with E-state index in [4.69, 9.17) is 0 Å². The molecule has 1 aromatic rings. The van der Waals surface area contributed by atoms with Crippen LogP contribution in [0.4, 0.5) is 5.69 Å². The average molecular weight is 264 g/mol. The van der Waals surface area contributed by atoms with E-state index in [1.54, 1.807) is 0 Å². The number of nitrogens with zero attached hydrogens (tertiary/aromatic N) is 3. The van der Waals surface area contributed by atoms with Crippen molar-refractivity contribution in [2.45, 2.75) is 58.5 Å². The number of nitrogens with one attached hydrogen (secondary N) is 1. The van der Waals surface area contributed by atoms with Crippen LogP contribution in [-0.4, -0.2) is 40.4 Å². The van der Waals surface area contributed by atoms with Crippen molar-refractivity contribution in [3.05, 3.63) is 12.4 Å². The molecule has 1 aliphatic rings. The Balaban J connectivity index is 1.77. The first-order valence-electron chi connectivity index (χ1n) is 7.83. The Morgan fingerprint density at radius 2 is 2.00 bits per heavy atom. The number of hydrogen-bond donors (Lipinski definition) is 1. The van der Waals surface area contributed by atoms with E-state index >= 15 is 0 Å². The Kier molecular flexibility index (Phi) is 5.70. The molecule has 0 radical (unpaired) electrons. The second-order valence-corrected chi connectivity index (χ2v) is 5.50. The van der Waals surface area contributed by atoms with E-state index in [1.807, 2.05) is 6.20 Å². The van der Waals surface area contributed by atoms with Gasteiger partial charge in [-0.05, 0) is 25.9 Å². The lowest BCUT2D eigenvalue weighted by Crippen LogP contribution is -2.27. The van der Waals surface area contributed by atoms with Gasteiger partial charge in [-0.1, -0.05) is 33.1 Å². The summed E-state index contributed by atoms with van der Waals surface area (Å²) in [4.78, 5) is 2.43. The van der Waals surface area contributed by atoms with Crippen LogP contribution in [-0.2, 0) is 6.54 Å². The van der Waals surface area contributed by atoms with Crippen molar-refractivity contribution in [1.82, 2.24) is 14.7 Å². The van der Waals surface area contributed by atoms with Crippen LogP contribution in [0.25, 0.3) is 0 Å². The third kappa shape index (κ3) is 4.53. The van der Waals surface area contributed by atoms with Crippen molar-refractivity contribution in [3.8, 4) is 0 Å². The SMILES string of the molecule is CCN(CC)CCn1cc(NC2CCCCC2)cn1. The summed E-state index contributed by atoms with van der Waals surface area (Å²) in [6, 6.07) is 0.661. The second-order valence-electron chi connectivity index (χ2n) is 5.50. The fourth-order valence-electron chi connectivity index (χ4n) is 2.83. The van der Waals surface area contributed by atoms with Gasteiger partial charge in [-0.2, -0.15) is 5.10 Å². The molecule has 108 valence electrons. The second kappa shape index (κ2) is 7.53. The quantitative estimate of drug-likeness (QED) is 0.822. The van der Waals surface area contributed by atoms with Crippen molar-refractivity contribution >= 4 is 5.69 Å². The third-order valence-electron chi connectivity index (χ3n) is 4.15. The molecule has 2 rings (SSSR count). The van der Waals surface area contributed by atoms with Crippen LogP contribution in [0.1, 0.15) is 46.0 Å². The predicted octanol–water partition coefficient (Wildman–Crippen LogP) is 2.97. The molecule has 0 amide bonds. The lowest BCUT2D eigenvalue weighted by atomic mass is 9.95. The Morgan fingerprint density at radius 1 is 1.26 bits per heavy atom. The summed E-state index contributed by atoms with van der Waals surface area (Å²) >= 11 is 0. The molecule has 0 aromatic carbocycles. The van der Waals surface area contributed by atoms with Gasteiger partial charge >= 0.3 is 0 Å². The van der Waals surface area contributed by atoms with Crippen LogP contribution in [0.5, 0.6) is 0 Å². The van der Waals surface area contributed by atoms with Gasteiger partial charge in [0.15, 0.2) is 0 Å². The Morgan fingerprint density at radius 3 is 2.68 bits per heavy atom. The highest BCUT2D eigenvalue weighted by atomic mass is 15.3. The van der Waals surface area contributed by atoms with Gasteiger partial charge in [0.25, 0.3) is 0 Å². The summed E-state index contributed by atoms with van der Waals surface area (Å²) in [5.74, 6) is 0. The van der Waals surface area contributed by atoms with Crippen LogP contribution in [0, 0.1) is 0 Å². The molecule has 1 aliphatic carbocycles. The molecule has 1 N–H and O–H groups in total. The molecule has 0 saturated heterocycles. The molecule has 0 aliphatic heterocycles. The van der Waals surface area contributed by atoms with E-state index < -0.39 is 0 Å². The van der Waals surface area contributed by atoms with Crippen molar-refractivity contribution in [2.75, 3.05) is 25.0 Å². The molecule has 1 fully saturated rings. The summed E-state index contributed by atoms with van der Waals surface area (Å²) in [6.07, 6.45) is 10.9. The molecule has 0 unspecified atom stereocenters. The maximum atomic E-state index is 4.45. The van der Waals surface area contributed by atoms with E-state index in [2.05, 4.69) is 40.0 Å². The van der Waals surface area contributed by atoms with E-state index in [1.165, 1.54) is 37.8 Å². The summed E-state index contributed by atoms with van der Waals surface area (Å²) < 4.78 is 2.06. The van der Waals surface area contributed by atoms with Crippen LogP contribution in [0.15, 0.2) is 12.4 Å². The molecule has 0 atom stereocenters. The molecular weight excluding hydrogens is 236 g/mol. The molecular formula is C15H28N4. The standard InChI is InChI=1S/C15H28N4/c1-3-18(4-2)10-11-19-13-15(12-16-19)17-14-8-6-5-7-9-14/h12-14,17H,3-11H2,1-2H3. The van der Waals surface area contributed by atoms with Crippen LogP contribution in [0.3, 0.4) is 0 Å². The van der Waals surface area contributed by atoms with Gasteiger partial charge in [-0.25, -0.2) is 0 Å². The van der Waals surface area contributed by atoms with Crippen LogP contribution < -0.4 is 5.32 Å². The highest BCUT2D eigenvalue weighted by Crippen LogP contribution is 2.21. The number of rotatable bonds is 7. The summed E-state index contributed by atoms with van der Waals surface area (Å²) in [5.41, 5.74) is 1.19. The molecule has 19 heavy (non-hydrogen) atoms. The zero-order valence-electron chi connectivity index (χ0n) is 12.4. The molecule has 0 spiro atoms. The van der Waals surface area contributed by atoms with E-state index in [0.717, 1.165) is 26.2 Å². The summed E-state index contributed by atoms with van der Waals surface area (Å²) in [7, 11) is 0. The van der Waals surface area contributed by atoms with Gasteiger partial charge in [-0.15, -0.1) is 0 Å². The molecule has 1 saturated carbocycles. The normalized spacial score (nSPS) is 17.0. The zero-order valence-corrected chi connectivity index (χ0v) is 12.4. The fraction of sp³-hybridized carbons (Fsp3) is 0.800. The maximum absolute atomic E-state index is 4.45. The Bertz CT molecular complexity index is 351. The lowest BCUT2D eigenvalue weighted by Gasteiger charge is -2.22. The largest absolute Gasteiger partial charge is 0.380 e. The highest BCUT2D eigenvalue weighted by molar-refractivity contribution is 5.39. The van der Waals surface area contributed by atoms with E-state index in [-0.39, 0.29) is 0 Å². The fourth-order valence-corrected chi connectivity index (χ4v) is 2.83. The first kappa shape index (κ1) is 14.4. The predicted molar refractivity (Wildman–Crippen MR) is 80.5 cm³/mol. The maximum Gasteiger partial charge on any atom is 0.0728 e. The van der Waals surface area contributed by atoms with Gasteiger partial charge in [0, 0.05) is 18.8 Å². The lowest BCUT2D eigenvalue weighted by molar-refractivity contribution is 0.285.